The van der Waals surface area contributed by atoms with Crippen LogP contribution in [-0.2, 0) is 33.6 Å². The van der Waals surface area contributed by atoms with Gasteiger partial charge in [-0.1, -0.05) is 12.1 Å². The highest BCUT2D eigenvalue weighted by atomic mass is 32.1. The molecule has 8 nitrogen and oxygen atoms in total. The number of rotatable bonds is 8. The molecule has 0 N–H and O–H groups in total. The fourth-order valence-electron chi connectivity index (χ4n) is 5.35. The SMILES string of the molecule is COc1ccc([C@H]2CC(c3cccs3)=NN2C(=O)COC(=O)Cc2coc3cc4c(cc23)CCC4)cc1OC. The van der Waals surface area contributed by atoms with Gasteiger partial charge in [-0.2, -0.15) is 5.10 Å². The van der Waals surface area contributed by atoms with Gasteiger partial charge in [-0.15, -0.1) is 11.3 Å². The third-order valence-corrected chi connectivity index (χ3v) is 8.24. The molecule has 0 bridgehead atoms. The summed E-state index contributed by atoms with van der Waals surface area (Å²) in [7, 11) is 3.15. The second-order valence-electron chi connectivity index (χ2n) is 9.67. The minimum Gasteiger partial charge on any atom is -0.493 e. The van der Waals surface area contributed by atoms with Gasteiger partial charge in [0.2, 0.25) is 0 Å². The Morgan fingerprint density at radius 3 is 2.67 bits per heavy atom. The van der Waals surface area contributed by atoms with E-state index in [9.17, 15) is 9.59 Å². The van der Waals surface area contributed by atoms with Crippen LogP contribution in [0.25, 0.3) is 11.0 Å². The van der Waals surface area contributed by atoms with Crippen molar-refractivity contribution in [1.82, 2.24) is 5.01 Å². The molecule has 39 heavy (non-hydrogen) atoms. The third kappa shape index (κ3) is 4.90. The van der Waals surface area contributed by atoms with E-state index in [1.807, 2.05) is 35.7 Å². The average molecular weight is 545 g/mol. The number of aryl methyl sites for hydroxylation is 2. The van der Waals surface area contributed by atoms with E-state index in [0.717, 1.165) is 51.9 Å². The van der Waals surface area contributed by atoms with Gasteiger partial charge in [0.25, 0.3) is 5.91 Å². The summed E-state index contributed by atoms with van der Waals surface area (Å²) in [4.78, 5) is 27.1. The van der Waals surface area contributed by atoms with Crippen LogP contribution in [0.1, 0.15) is 46.0 Å². The first kappa shape index (κ1) is 25.2. The summed E-state index contributed by atoms with van der Waals surface area (Å²) in [6, 6.07) is 13.3. The number of benzene rings is 2. The molecular formula is C30H28N2O6S. The maximum Gasteiger partial charge on any atom is 0.310 e. The lowest BCUT2D eigenvalue weighted by molar-refractivity contribution is -0.152. The van der Waals surface area contributed by atoms with Crippen molar-refractivity contribution in [2.75, 3.05) is 20.8 Å². The number of hydrazone groups is 1. The molecule has 2 aromatic carbocycles. The molecule has 6 rings (SSSR count). The molecule has 1 amide bonds. The number of carbonyl (C=O) groups excluding carboxylic acids is 2. The molecule has 0 saturated carbocycles. The number of hydrogen-bond acceptors (Lipinski definition) is 8. The van der Waals surface area contributed by atoms with Gasteiger partial charge in [-0.3, -0.25) is 9.59 Å². The molecule has 3 heterocycles. The Hall–Kier alpha value is -4.11. The van der Waals surface area contributed by atoms with Crippen molar-refractivity contribution in [2.45, 2.75) is 38.1 Å². The van der Waals surface area contributed by atoms with Crippen LogP contribution in [0.2, 0.25) is 0 Å². The summed E-state index contributed by atoms with van der Waals surface area (Å²) in [5, 5.41) is 8.97. The molecule has 200 valence electrons. The quantitative estimate of drug-likeness (QED) is 0.274. The lowest BCUT2D eigenvalue weighted by atomic mass is 10.0. The molecule has 0 spiro atoms. The lowest BCUT2D eigenvalue weighted by Gasteiger charge is -2.22. The largest absolute Gasteiger partial charge is 0.493 e. The molecule has 1 aliphatic carbocycles. The van der Waals surface area contributed by atoms with E-state index in [0.29, 0.717) is 17.9 Å². The van der Waals surface area contributed by atoms with Crippen LogP contribution in [0.3, 0.4) is 0 Å². The van der Waals surface area contributed by atoms with Crippen molar-refractivity contribution in [3.05, 3.63) is 81.2 Å². The van der Waals surface area contributed by atoms with Gasteiger partial charge >= 0.3 is 5.97 Å². The Morgan fingerprint density at radius 2 is 1.90 bits per heavy atom. The molecule has 9 heteroatoms. The van der Waals surface area contributed by atoms with Crippen molar-refractivity contribution < 1.29 is 28.2 Å². The van der Waals surface area contributed by atoms with Crippen LogP contribution in [-0.4, -0.2) is 43.4 Å². The zero-order valence-corrected chi connectivity index (χ0v) is 22.6. The number of esters is 1. The number of amides is 1. The maximum absolute atomic E-state index is 13.3. The van der Waals surface area contributed by atoms with E-state index >= 15 is 0 Å². The molecule has 0 unspecified atom stereocenters. The first-order valence-electron chi connectivity index (χ1n) is 12.9. The third-order valence-electron chi connectivity index (χ3n) is 7.32. The zero-order valence-electron chi connectivity index (χ0n) is 21.8. The number of hydrogen-bond donors (Lipinski definition) is 0. The molecule has 2 aromatic heterocycles. The van der Waals surface area contributed by atoms with Gasteiger partial charge in [0.15, 0.2) is 18.1 Å². The Kier molecular flexibility index (Phi) is 6.83. The minimum absolute atomic E-state index is 0.0296. The highest BCUT2D eigenvalue weighted by molar-refractivity contribution is 7.12. The predicted molar refractivity (Wildman–Crippen MR) is 148 cm³/mol. The van der Waals surface area contributed by atoms with Crippen LogP contribution < -0.4 is 9.47 Å². The van der Waals surface area contributed by atoms with Gasteiger partial charge in [-0.25, -0.2) is 5.01 Å². The fourth-order valence-corrected chi connectivity index (χ4v) is 6.07. The maximum atomic E-state index is 13.3. The number of ether oxygens (including phenoxy) is 3. The monoisotopic (exact) mass is 544 g/mol. The molecule has 1 aliphatic heterocycles. The van der Waals surface area contributed by atoms with Crippen molar-refractivity contribution in [2.24, 2.45) is 5.10 Å². The molecule has 1 atom stereocenters. The Morgan fingerprint density at radius 1 is 1.08 bits per heavy atom. The van der Waals surface area contributed by atoms with Gasteiger partial charge in [0, 0.05) is 17.4 Å². The fraction of sp³-hybridized carbons (Fsp3) is 0.300. The smallest absolute Gasteiger partial charge is 0.310 e. The highest BCUT2D eigenvalue weighted by Gasteiger charge is 2.34. The molecule has 0 saturated heterocycles. The lowest BCUT2D eigenvalue weighted by Crippen LogP contribution is -2.31. The zero-order chi connectivity index (χ0) is 26.9. The van der Waals surface area contributed by atoms with Crippen molar-refractivity contribution >= 4 is 39.9 Å². The summed E-state index contributed by atoms with van der Waals surface area (Å²) < 4.78 is 22.0. The summed E-state index contributed by atoms with van der Waals surface area (Å²) in [6.45, 7) is -0.408. The number of fused-ring (bicyclic) bond motifs is 2. The van der Waals surface area contributed by atoms with Crippen LogP contribution in [0, 0.1) is 0 Å². The number of thiophene rings is 1. The summed E-state index contributed by atoms with van der Waals surface area (Å²) >= 11 is 1.57. The minimum atomic E-state index is -0.490. The first-order valence-corrected chi connectivity index (χ1v) is 13.7. The number of furan rings is 1. The van der Waals surface area contributed by atoms with Crippen LogP contribution in [0.5, 0.6) is 11.5 Å². The molecule has 2 aliphatic rings. The summed E-state index contributed by atoms with van der Waals surface area (Å²) in [5.74, 6) is 0.277. The highest BCUT2D eigenvalue weighted by Crippen LogP contribution is 2.38. The van der Waals surface area contributed by atoms with Gasteiger partial charge in [0.05, 0.1) is 43.5 Å². The Balaban J connectivity index is 1.18. The van der Waals surface area contributed by atoms with Crippen molar-refractivity contribution in [3.63, 3.8) is 0 Å². The summed E-state index contributed by atoms with van der Waals surface area (Å²) in [6.07, 6.45) is 5.40. The molecular weight excluding hydrogens is 516 g/mol. The van der Waals surface area contributed by atoms with E-state index in [4.69, 9.17) is 18.6 Å². The van der Waals surface area contributed by atoms with E-state index in [-0.39, 0.29) is 12.5 Å². The molecule has 0 fully saturated rings. The normalized spacial score (nSPS) is 16.3. The standard InChI is InChI=1S/C30H28N2O6S/c1-35-25-9-8-20(13-27(25)36-2)24-15-23(28-7-4-10-39-28)31-32(24)29(33)17-38-30(34)14-21-16-37-26-12-19-6-3-5-18(19)11-22(21)26/h4,7-13,16,24H,3,5-6,14-15,17H2,1-2H3/t24-/m1/s1. The van der Waals surface area contributed by atoms with E-state index in [2.05, 4.69) is 17.2 Å². The van der Waals surface area contributed by atoms with Gasteiger partial charge in [0.1, 0.15) is 5.58 Å². The topological polar surface area (TPSA) is 90.6 Å². The van der Waals surface area contributed by atoms with Crippen molar-refractivity contribution in [1.29, 1.82) is 0 Å². The predicted octanol–water partition coefficient (Wildman–Crippen LogP) is 5.46. The van der Waals surface area contributed by atoms with Crippen LogP contribution in [0.15, 0.2) is 63.6 Å². The average Bonchev–Trinajstić information content (AvgIpc) is 3.76. The van der Waals surface area contributed by atoms with Crippen LogP contribution >= 0.6 is 11.3 Å². The van der Waals surface area contributed by atoms with Crippen LogP contribution in [0.4, 0.5) is 0 Å². The molecule has 0 radical (unpaired) electrons. The number of carbonyl (C=O) groups is 2. The summed E-state index contributed by atoms with van der Waals surface area (Å²) in [5.41, 5.74) is 5.82. The van der Waals surface area contributed by atoms with E-state index in [1.54, 1.807) is 31.8 Å². The van der Waals surface area contributed by atoms with Crippen molar-refractivity contribution in [3.8, 4) is 11.5 Å². The van der Waals surface area contributed by atoms with E-state index < -0.39 is 18.5 Å². The second-order valence-corrected chi connectivity index (χ2v) is 10.6. The Labute approximate surface area is 229 Å². The van der Waals surface area contributed by atoms with Gasteiger partial charge in [-0.05, 0) is 71.7 Å². The van der Waals surface area contributed by atoms with E-state index in [1.165, 1.54) is 16.1 Å². The second kappa shape index (κ2) is 10.6. The molecule has 4 aromatic rings. The first-order chi connectivity index (χ1) is 19.0. The van der Waals surface area contributed by atoms with Gasteiger partial charge < -0.3 is 18.6 Å². The number of nitrogens with zero attached hydrogens (tertiary/aromatic N) is 2. The Bertz CT molecular complexity index is 1570. The number of methoxy groups -OCH3 is 2.